The average molecular weight is 246 g/mol. The molecule has 0 aliphatic heterocycles. The molecule has 1 atom stereocenters. The van der Waals surface area contributed by atoms with Crippen LogP contribution in [-0.4, -0.2) is 27.7 Å². The van der Waals surface area contributed by atoms with E-state index in [9.17, 15) is 0 Å². The Labute approximate surface area is 108 Å². The summed E-state index contributed by atoms with van der Waals surface area (Å²) in [6.45, 7) is 6.62. The summed E-state index contributed by atoms with van der Waals surface area (Å²) in [6, 6.07) is 4.75. The van der Waals surface area contributed by atoms with Gasteiger partial charge in [0.05, 0.1) is 0 Å². The molecule has 0 saturated heterocycles. The first-order valence-corrected chi connectivity index (χ1v) is 6.56. The highest BCUT2D eigenvalue weighted by Crippen LogP contribution is 2.14. The quantitative estimate of drug-likeness (QED) is 0.879. The van der Waals surface area contributed by atoms with E-state index in [0.29, 0.717) is 12.0 Å². The maximum atomic E-state index is 4.30. The van der Waals surface area contributed by atoms with Crippen LogP contribution in [0, 0.1) is 12.8 Å². The first kappa shape index (κ1) is 13.0. The molecule has 98 valence electrons. The highest BCUT2D eigenvalue weighted by atomic mass is 15.3. The molecule has 1 N–H and O–H groups in total. The van der Waals surface area contributed by atoms with E-state index in [1.54, 1.807) is 6.33 Å². The van der Waals surface area contributed by atoms with Crippen molar-refractivity contribution < 1.29 is 0 Å². The smallest absolute Gasteiger partial charge is 0.155 e. The van der Waals surface area contributed by atoms with Gasteiger partial charge in [-0.2, -0.15) is 5.10 Å². The van der Waals surface area contributed by atoms with E-state index in [4.69, 9.17) is 0 Å². The molecule has 0 fully saturated rings. The Morgan fingerprint density at radius 1 is 1.33 bits per heavy atom. The van der Waals surface area contributed by atoms with Crippen LogP contribution in [0.15, 0.2) is 18.5 Å². The van der Waals surface area contributed by atoms with Gasteiger partial charge in [0.1, 0.15) is 6.33 Å². The van der Waals surface area contributed by atoms with Crippen molar-refractivity contribution in [2.45, 2.75) is 39.7 Å². The van der Waals surface area contributed by atoms with Gasteiger partial charge in [-0.1, -0.05) is 13.8 Å². The van der Waals surface area contributed by atoms with Crippen LogP contribution >= 0.6 is 0 Å². The number of hydrogen-bond acceptors (Lipinski definition) is 3. The summed E-state index contributed by atoms with van der Waals surface area (Å²) in [4.78, 5) is 4.27. The van der Waals surface area contributed by atoms with Gasteiger partial charge in [-0.3, -0.25) is 0 Å². The lowest BCUT2D eigenvalue weighted by atomic mass is 9.99. The Bertz CT molecular complexity index is 515. The minimum Gasteiger partial charge on any atom is -0.317 e. The highest BCUT2D eigenvalue weighted by Gasteiger charge is 2.12. The number of likely N-dealkylation sites (N-methyl/N-ethyl adjacent to an activating group) is 1. The van der Waals surface area contributed by atoms with Crippen LogP contribution in [0.25, 0.3) is 5.65 Å². The summed E-state index contributed by atoms with van der Waals surface area (Å²) >= 11 is 0. The molecule has 0 amide bonds. The van der Waals surface area contributed by atoms with Crippen molar-refractivity contribution in [3.05, 3.63) is 29.7 Å². The number of nitrogens with one attached hydrogen (secondary N) is 1. The predicted octanol–water partition coefficient (Wildman–Crippen LogP) is 2.21. The first-order valence-electron chi connectivity index (χ1n) is 6.56. The summed E-state index contributed by atoms with van der Waals surface area (Å²) in [6.07, 6.45) is 3.77. The fourth-order valence-electron chi connectivity index (χ4n) is 2.41. The van der Waals surface area contributed by atoms with Crippen LogP contribution in [0.5, 0.6) is 0 Å². The molecule has 2 heterocycles. The maximum Gasteiger partial charge on any atom is 0.155 e. The van der Waals surface area contributed by atoms with Crippen molar-refractivity contribution in [2.24, 2.45) is 5.92 Å². The first-order chi connectivity index (χ1) is 8.60. The molecule has 0 aliphatic rings. The fraction of sp³-hybridized carbons (Fsp3) is 0.571. The van der Waals surface area contributed by atoms with Gasteiger partial charge in [0.25, 0.3) is 0 Å². The molecule has 0 saturated carbocycles. The molecule has 0 spiro atoms. The summed E-state index contributed by atoms with van der Waals surface area (Å²) < 4.78 is 1.94. The zero-order valence-corrected chi connectivity index (χ0v) is 11.6. The van der Waals surface area contributed by atoms with Crippen LogP contribution in [0.1, 0.15) is 31.5 Å². The molecule has 2 aromatic rings. The van der Waals surface area contributed by atoms with E-state index in [-0.39, 0.29) is 0 Å². The highest BCUT2D eigenvalue weighted by molar-refractivity contribution is 5.41. The lowest BCUT2D eigenvalue weighted by Crippen LogP contribution is -2.30. The van der Waals surface area contributed by atoms with Crippen LogP contribution in [0.4, 0.5) is 0 Å². The van der Waals surface area contributed by atoms with Gasteiger partial charge in [-0.15, -0.1) is 0 Å². The Morgan fingerprint density at radius 2 is 2.11 bits per heavy atom. The van der Waals surface area contributed by atoms with Crippen molar-refractivity contribution in [1.29, 1.82) is 0 Å². The fourth-order valence-corrected chi connectivity index (χ4v) is 2.41. The number of pyridine rings is 1. The van der Waals surface area contributed by atoms with Gasteiger partial charge in [-0.05, 0) is 44.0 Å². The van der Waals surface area contributed by atoms with E-state index in [2.05, 4.69) is 48.3 Å². The third kappa shape index (κ3) is 2.88. The Kier molecular flexibility index (Phi) is 3.97. The van der Waals surface area contributed by atoms with Gasteiger partial charge in [-0.25, -0.2) is 9.50 Å². The number of fused-ring (bicyclic) bond motifs is 1. The maximum absolute atomic E-state index is 4.30. The molecule has 4 heteroatoms. The molecule has 2 rings (SSSR count). The molecule has 0 aliphatic carbocycles. The third-order valence-electron chi connectivity index (χ3n) is 3.22. The van der Waals surface area contributed by atoms with Crippen molar-refractivity contribution in [1.82, 2.24) is 19.9 Å². The molecule has 0 bridgehead atoms. The second-order valence-corrected chi connectivity index (χ2v) is 5.37. The normalized spacial score (nSPS) is 13.4. The Balaban J connectivity index is 2.26. The Morgan fingerprint density at radius 3 is 2.78 bits per heavy atom. The minimum atomic E-state index is 0.485. The zero-order valence-electron chi connectivity index (χ0n) is 11.6. The van der Waals surface area contributed by atoms with Gasteiger partial charge in [0, 0.05) is 18.2 Å². The molecule has 2 aromatic heterocycles. The summed E-state index contributed by atoms with van der Waals surface area (Å²) in [5, 5.41) is 7.70. The molecule has 0 aromatic carbocycles. The zero-order chi connectivity index (χ0) is 13.1. The van der Waals surface area contributed by atoms with Gasteiger partial charge in [0.2, 0.25) is 0 Å². The summed E-state index contributed by atoms with van der Waals surface area (Å²) in [5.41, 5.74) is 3.40. The van der Waals surface area contributed by atoms with Crippen LogP contribution < -0.4 is 5.32 Å². The third-order valence-corrected chi connectivity index (χ3v) is 3.22. The summed E-state index contributed by atoms with van der Waals surface area (Å²) in [5.74, 6) is 0.693. The second kappa shape index (κ2) is 5.48. The van der Waals surface area contributed by atoms with Crippen molar-refractivity contribution >= 4 is 5.65 Å². The van der Waals surface area contributed by atoms with Gasteiger partial charge in [0.15, 0.2) is 5.65 Å². The van der Waals surface area contributed by atoms with Crippen molar-refractivity contribution in [3.63, 3.8) is 0 Å². The molecule has 0 radical (unpaired) electrons. The predicted molar refractivity (Wildman–Crippen MR) is 73.7 cm³/mol. The van der Waals surface area contributed by atoms with E-state index in [1.807, 2.05) is 11.6 Å². The topological polar surface area (TPSA) is 42.2 Å². The van der Waals surface area contributed by atoms with E-state index in [0.717, 1.165) is 12.1 Å². The second-order valence-electron chi connectivity index (χ2n) is 5.37. The number of nitrogens with zero attached hydrogens (tertiary/aromatic N) is 3. The lowest BCUT2D eigenvalue weighted by Gasteiger charge is -2.19. The van der Waals surface area contributed by atoms with Crippen molar-refractivity contribution in [3.8, 4) is 0 Å². The Hall–Kier alpha value is -1.42. The molecular weight excluding hydrogens is 224 g/mol. The van der Waals surface area contributed by atoms with E-state index in [1.165, 1.54) is 17.7 Å². The van der Waals surface area contributed by atoms with Gasteiger partial charge < -0.3 is 5.32 Å². The number of aryl methyl sites for hydroxylation is 1. The van der Waals surface area contributed by atoms with Crippen LogP contribution in [0.3, 0.4) is 0 Å². The molecular formula is C14H22N4. The minimum absolute atomic E-state index is 0.485. The number of hydrogen-bond donors (Lipinski definition) is 1. The van der Waals surface area contributed by atoms with Crippen LogP contribution in [0.2, 0.25) is 0 Å². The molecule has 4 nitrogen and oxygen atoms in total. The number of rotatable bonds is 5. The largest absolute Gasteiger partial charge is 0.317 e. The lowest BCUT2D eigenvalue weighted by molar-refractivity contribution is 0.435. The van der Waals surface area contributed by atoms with E-state index < -0.39 is 0 Å². The van der Waals surface area contributed by atoms with Crippen molar-refractivity contribution in [2.75, 3.05) is 7.05 Å². The molecule has 18 heavy (non-hydrogen) atoms. The number of aromatic nitrogens is 3. The van der Waals surface area contributed by atoms with E-state index >= 15 is 0 Å². The SMILES string of the molecule is CNC(Cc1cc(C)cc2ncnn12)CC(C)C. The average Bonchev–Trinajstić information content (AvgIpc) is 2.75. The summed E-state index contributed by atoms with van der Waals surface area (Å²) in [7, 11) is 2.03. The van der Waals surface area contributed by atoms with Crippen LogP contribution in [-0.2, 0) is 6.42 Å². The van der Waals surface area contributed by atoms with Gasteiger partial charge >= 0.3 is 0 Å². The monoisotopic (exact) mass is 246 g/mol. The molecule has 1 unspecified atom stereocenters. The standard InChI is InChI=1S/C14H22N4/c1-10(2)5-12(15-4)8-13-6-11(3)7-14-16-9-17-18(13)14/h6-7,9-10,12,15H,5,8H2,1-4H3.